The van der Waals surface area contributed by atoms with E-state index >= 15 is 0 Å². The maximum Gasteiger partial charge on any atom is 0.194 e. The van der Waals surface area contributed by atoms with Crippen LogP contribution in [0, 0.1) is 5.92 Å². The Hall–Kier alpha value is -1.81. The number of anilines is 1. The molecule has 7 nitrogen and oxygen atoms in total. The van der Waals surface area contributed by atoms with Crippen LogP contribution in [0.1, 0.15) is 37.9 Å². The highest BCUT2D eigenvalue weighted by molar-refractivity contribution is 14.0. The van der Waals surface area contributed by atoms with Gasteiger partial charge in [0, 0.05) is 64.1 Å². The molecule has 0 aliphatic carbocycles. The van der Waals surface area contributed by atoms with Gasteiger partial charge < -0.3 is 19.6 Å². The molecule has 32 heavy (non-hydrogen) atoms. The Morgan fingerprint density at radius 2 is 1.78 bits per heavy atom. The molecule has 0 saturated carbocycles. The fourth-order valence-corrected chi connectivity index (χ4v) is 4.34. The highest BCUT2D eigenvalue weighted by atomic mass is 127. The zero-order chi connectivity index (χ0) is 21.5. The van der Waals surface area contributed by atoms with Gasteiger partial charge in [0.2, 0.25) is 0 Å². The van der Waals surface area contributed by atoms with Crippen LogP contribution in [0.2, 0.25) is 0 Å². The molecule has 0 radical (unpaired) electrons. The molecule has 1 aromatic heterocycles. The Balaban J connectivity index is 0.00000289. The fourth-order valence-electron chi connectivity index (χ4n) is 4.34. The molecule has 4 rings (SSSR count). The predicted octanol–water partition coefficient (Wildman–Crippen LogP) is 3.81. The molecule has 2 aromatic rings. The van der Waals surface area contributed by atoms with Crippen LogP contribution in [0.4, 0.5) is 5.69 Å². The maximum absolute atomic E-state index is 4.95. The quantitative estimate of drug-likeness (QED) is 0.334. The van der Waals surface area contributed by atoms with Gasteiger partial charge in [0.05, 0.1) is 12.2 Å². The summed E-state index contributed by atoms with van der Waals surface area (Å²) in [6.45, 7) is 13.2. The minimum atomic E-state index is 0. The Bertz CT molecular complexity index is 810. The standard InChI is InChI=1S/C24H36N6O.HI/c1-3-25-24(30-15-13-28(14-16-30)19-22-10-17-31-27-22)26-18-21-4-6-23(7-5-21)29-11-8-20(2)9-12-29;/h4-7,10,17,20H,3,8-9,11-16,18-19H2,1-2H3,(H,25,26);1H. The van der Waals surface area contributed by atoms with Gasteiger partial charge in [-0.2, -0.15) is 0 Å². The van der Waals surface area contributed by atoms with E-state index in [-0.39, 0.29) is 24.0 Å². The molecule has 0 unspecified atom stereocenters. The van der Waals surface area contributed by atoms with Crippen molar-refractivity contribution < 1.29 is 4.52 Å². The third kappa shape index (κ3) is 6.84. The van der Waals surface area contributed by atoms with E-state index in [4.69, 9.17) is 9.52 Å². The summed E-state index contributed by atoms with van der Waals surface area (Å²) in [4.78, 5) is 12.2. The van der Waals surface area contributed by atoms with Gasteiger partial charge in [-0.15, -0.1) is 24.0 Å². The van der Waals surface area contributed by atoms with Gasteiger partial charge in [-0.05, 0) is 43.4 Å². The lowest BCUT2D eigenvalue weighted by atomic mass is 9.99. The first-order valence-electron chi connectivity index (χ1n) is 11.7. The second-order valence-corrected chi connectivity index (χ2v) is 8.76. The molecular weight excluding hydrogens is 515 g/mol. The van der Waals surface area contributed by atoms with Gasteiger partial charge in [0.1, 0.15) is 6.26 Å². The van der Waals surface area contributed by atoms with Crippen LogP contribution >= 0.6 is 24.0 Å². The van der Waals surface area contributed by atoms with Crippen molar-refractivity contribution in [2.75, 3.05) is 50.7 Å². The lowest BCUT2D eigenvalue weighted by molar-refractivity contribution is 0.169. The van der Waals surface area contributed by atoms with Crippen molar-refractivity contribution in [3.05, 3.63) is 47.9 Å². The van der Waals surface area contributed by atoms with E-state index < -0.39 is 0 Å². The molecule has 176 valence electrons. The Kier molecular flexibility index (Phi) is 9.65. The SMILES string of the molecule is CCNC(=NCc1ccc(N2CCC(C)CC2)cc1)N1CCN(Cc2ccon2)CC1.I. The van der Waals surface area contributed by atoms with Gasteiger partial charge in [0.15, 0.2) is 5.96 Å². The van der Waals surface area contributed by atoms with Crippen LogP contribution in [0.5, 0.6) is 0 Å². The van der Waals surface area contributed by atoms with Crippen LogP contribution in [0.25, 0.3) is 0 Å². The van der Waals surface area contributed by atoms with Crippen LogP contribution in [-0.4, -0.2) is 66.7 Å². The van der Waals surface area contributed by atoms with Crippen molar-refractivity contribution >= 4 is 35.6 Å². The lowest BCUT2D eigenvalue weighted by Crippen LogP contribution is -2.52. The Morgan fingerprint density at radius 3 is 2.41 bits per heavy atom. The topological polar surface area (TPSA) is 60.1 Å². The number of guanidine groups is 1. The largest absolute Gasteiger partial charge is 0.372 e. The van der Waals surface area contributed by atoms with Crippen LogP contribution < -0.4 is 10.2 Å². The average molecular weight is 553 g/mol. The van der Waals surface area contributed by atoms with Crippen molar-refractivity contribution in [2.45, 2.75) is 39.8 Å². The van der Waals surface area contributed by atoms with E-state index in [9.17, 15) is 0 Å². The van der Waals surface area contributed by atoms with Crippen molar-refractivity contribution in [3.8, 4) is 0 Å². The van der Waals surface area contributed by atoms with Gasteiger partial charge in [-0.1, -0.05) is 24.2 Å². The third-order valence-electron chi connectivity index (χ3n) is 6.38. The second kappa shape index (κ2) is 12.4. The first kappa shape index (κ1) is 24.8. The maximum atomic E-state index is 4.95. The molecule has 0 spiro atoms. The van der Waals surface area contributed by atoms with Crippen molar-refractivity contribution in [2.24, 2.45) is 10.9 Å². The van der Waals surface area contributed by atoms with E-state index in [0.717, 1.165) is 56.8 Å². The summed E-state index contributed by atoms with van der Waals surface area (Å²) >= 11 is 0. The molecule has 2 aliphatic rings. The minimum Gasteiger partial charge on any atom is -0.372 e. The van der Waals surface area contributed by atoms with E-state index in [1.165, 1.54) is 37.2 Å². The number of aromatic nitrogens is 1. The van der Waals surface area contributed by atoms with Crippen LogP contribution in [0.15, 0.2) is 46.1 Å². The number of nitrogens with one attached hydrogen (secondary N) is 1. The molecule has 2 aliphatic heterocycles. The summed E-state index contributed by atoms with van der Waals surface area (Å²) in [7, 11) is 0. The van der Waals surface area contributed by atoms with Gasteiger partial charge in [-0.3, -0.25) is 4.90 Å². The number of hydrogen-bond acceptors (Lipinski definition) is 5. The number of hydrogen-bond donors (Lipinski definition) is 1. The fraction of sp³-hybridized carbons (Fsp3) is 0.583. The summed E-state index contributed by atoms with van der Waals surface area (Å²) in [5, 5.41) is 7.50. The molecule has 0 amide bonds. The summed E-state index contributed by atoms with van der Waals surface area (Å²) in [5.74, 6) is 1.87. The summed E-state index contributed by atoms with van der Waals surface area (Å²) in [5.41, 5.74) is 3.60. The lowest BCUT2D eigenvalue weighted by Gasteiger charge is -2.36. The van der Waals surface area contributed by atoms with E-state index in [1.54, 1.807) is 6.26 Å². The smallest absolute Gasteiger partial charge is 0.194 e. The molecule has 1 N–H and O–H groups in total. The number of halogens is 1. The molecule has 8 heteroatoms. The second-order valence-electron chi connectivity index (χ2n) is 8.76. The molecule has 0 bridgehead atoms. The van der Waals surface area contributed by atoms with E-state index in [2.05, 4.69) is 63.3 Å². The number of piperidine rings is 1. The number of benzene rings is 1. The van der Waals surface area contributed by atoms with Gasteiger partial charge in [0.25, 0.3) is 0 Å². The summed E-state index contributed by atoms with van der Waals surface area (Å²) in [6, 6.07) is 10.9. The molecule has 3 heterocycles. The molecular formula is C24H37IN6O. The number of aliphatic imine (C=N–C) groups is 1. The average Bonchev–Trinajstić information content (AvgIpc) is 3.31. The first-order valence-corrected chi connectivity index (χ1v) is 11.7. The summed E-state index contributed by atoms with van der Waals surface area (Å²) in [6.07, 6.45) is 4.23. The number of nitrogens with zero attached hydrogens (tertiary/aromatic N) is 5. The molecule has 2 fully saturated rings. The Morgan fingerprint density at radius 1 is 1.06 bits per heavy atom. The number of piperazine rings is 1. The van der Waals surface area contributed by atoms with Crippen LogP contribution in [-0.2, 0) is 13.1 Å². The van der Waals surface area contributed by atoms with E-state index in [1.807, 2.05) is 6.07 Å². The highest BCUT2D eigenvalue weighted by Gasteiger charge is 2.20. The summed E-state index contributed by atoms with van der Waals surface area (Å²) < 4.78 is 4.95. The van der Waals surface area contributed by atoms with Gasteiger partial charge >= 0.3 is 0 Å². The van der Waals surface area contributed by atoms with Gasteiger partial charge in [-0.25, -0.2) is 4.99 Å². The first-order chi connectivity index (χ1) is 15.2. The monoisotopic (exact) mass is 552 g/mol. The molecule has 1 aromatic carbocycles. The molecule has 2 saturated heterocycles. The number of rotatable bonds is 6. The zero-order valence-corrected chi connectivity index (χ0v) is 21.7. The van der Waals surface area contributed by atoms with Crippen molar-refractivity contribution in [3.63, 3.8) is 0 Å². The van der Waals surface area contributed by atoms with Crippen molar-refractivity contribution in [1.82, 2.24) is 20.3 Å². The molecule has 0 atom stereocenters. The third-order valence-corrected chi connectivity index (χ3v) is 6.38. The Labute approximate surface area is 209 Å². The normalized spacial score (nSPS) is 18.5. The minimum absolute atomic E-state index is 0. The highest BCUT2D eigenvalue weighted by Crippen LogP contribution is 2.23. The van der Waals surface area contributed by atoms with Crippen LogP contribution in [0.3, 0.4) is 0 Å². The van der Waals surface area contributed by atoms with E-state index in [0.29, 0.717) is 6.54 Å². The van der Waals surface area contributed by atoms with Crippen molar-refractivity contribution in [1.29, 1.82) is 0 Å². The predicted molar refractivity (Wildman–Crippen MR) is 141 cm³/mol. The zero-order valence-electron chi connectivity index (χ0n) is 19.4.